The third-order valence-corrected chi connectivity index (χ3v) is 7.91. The van der Waals surface area contributed by atoms with Crippen molar-refractivity contribution < 1.29 is 18.1 Å². The van der Waals surface area contributed by atoms with Crippen LogP contribution in [0, 0.1) is 0 Å². The number of rotatable bonds is 6. The molecular formula is C23H30BrN4O3S+. The zero-order chi connectivity index (χ0) is 23.4. The van der Waals surface area contributed by atoms with Crippen molar-refractivity contribution in [3.05, 3.63) is 64.1 Å². The molecular weight excluding hydrogens is 492 g/mol. The molecule has 0 saturated carbocycles. The molecule has 0 aliphatic carbocycles. The summed E-state index contributed by atoms with van der Waals surface area (Å²) in [6.07, 6.45) is 1.63. The normalized spacial score (nSPS) is 16.4. The Kier molecular flexibility index (Phi) is 7.87. The zero-order valence-corrected chi connectivity index (χ0v) is 21.0. The number of nitrogens with one attached hydrogen (secondary N) is 2. The molecule has 0 spiro atoms. The minimum Gasteiger partial charge on any atom is -0.325 e. The van der Waals surface area contributed by atoms with Crippen LogP contribution >= 0.6 is 15.9 Å². The van der Waals surface area contributed by atoms with E-state index in [4.69, 9.17) is 0 Å². The van der Waals surface area contributed by atoms with Crippen LogP contribution in [0.15, 0.2) is 63.0 Å². The monoisotopic (exact) mass is 521 g/mol. The van der Waals surface area contributed by atoms with Crippen molar-refractivity contribution in [1.82, 2.24) is 9.73 Å². The Balaban J connectivity index is 1.46. The maximum atomic E-state index is 12.8. The first-order valence-corrected chi connectivity index (χ1v) is 12.8. The van der Waals surface area contributed by atoms with Gasteiger partial charge in [-0.05, 0) is 40.8 Å². The van der Waals surface area contributed by atoms with Crippen LogP contribution in [0.3, 0.4) is 0 Å². The molecule has 0 bridgehead atoms. The summed E-state index contributed by atoms with van der Waals surface area (Å²) in [5.74, 6) is -0.188. The Morgan fingerprint density at radius 1 is 1.09 bits per heavy atom. The van der Waals surface area contributed by atoms with Gasteiger partial charge in [0, 0.05) is 4.47 Å². The van der Waals surface area contributed by atoms with Gasteiger partial charge in [0.2, 0.25) is 10.0 Å². The second kappa shape index (κ2) is 10.2. The third-order valence-electron chi connectivity index (χ3n) is 5.47. The molecule has 7 nitrogen and oxygen atoms in total. The summed E-state index contributed by atoms with van der Waals surface area (Å²) in [6, 6.07) is 14.7. The number of quaternary nitrogens is 1. The van der Waals surface area contributed by atoms with Gasteiger partial charge in [0.05, 0.1) is 37.3 Å². The van der Waals surface area contributed by atoms with Gasteiger partial charge in [0.25, 0.3) is 5.91 Å². The summed E-state index contributed by atoms with van der Waals surface area (Å²) in [7, 11) is -3.51. The van der Waals surface area contributed by atoms with Crippen molar-refractivity contribution in [2.75, 3.05) is 32.7 Å². The third kappa shape index (κ3) is 6.48. The molecule has 2 aromatic rings. The minimum absolute atomic E-state index is 0.0915. The minimum atomic E-state index is -3.51. The SMILES string of the molecule is CC(C)(C)c1ccc(/C=N\NC(=O)C[NH+]2CCN(S(=O)(=O)c3ccc(Br)cc3)CC2)cc1. The number of hydrogen-bond acceptors (Lipinski definition) is 4. The first kappa shape index (κ1) is 24.6. The van der Waals surface area contributed by atoms with E-state index < -0.39 is 10.0 Å². The topological polar surface area (TPSA) is 83.3 Å². The number of carbonyl (C=O) groups is 1. The number of sulfonamides is 1. The molecule has 1 saturated heterocycles. The van der Waals surface area contributed by atoms with E-state index in [1.165, 1.54) is 9.87 Å². The van der Waals surface area contributed by atoms with E-state index in [0.29, 0.717) is 26.2 Å². The fourth-order valence-corrected chi connectivity index (χ4v) is 5.20. The highest BCUT2D eigenvalue weighted by atomic mass is 79.9. The lowest BCUT2D eigenvalue weighted by Gasteiger charge is -2.31. The van der Waals surface area contributed by atoms with E-state index in [2.05, 4.69) is 59.4 Å². The van der Waals surface area contributed by atoms with E-state index in [0.717, 1.165) is 14.9 Å². The predicted molar refractivity (Wildman–Crippen MR) is 129 cm³/mol. The van der Waals surface area contributed by atoms with Gasteiger partial charge in [0.15, 0.2) is 6.54 Å². The van der Waals surface area contributed by atoms with Crippen LogP contribution in [0.1, 0.15) is 31.9 Å². The Morgan fingerprint density at radius 3 is 2.25 bits per heavy atom. The molecule has 3 rings (SSSR count). The van der Waals surface area contributed by atoms with Crippen LogP contribution in [0.2, 0.25) is 0 Å². The van der Waals surface area contributed by atoms with Gasteiger partial charge in [-0.3, -0.25) is 4.79 Å². The van der Waals surface area contributed by atoms with Gasteiger partial charge in [-0.1, -0.05) is 61.0 Å². The van der Waals surface area contributed by atoms with Crippen molar-refractivity contribution in [3.63, 3.8) is 0 Å². The van der Waals surface area contributed by atoms with E-state index in [9.17, 15) is 13.2 Å². The summed E-state index contributed by atoms with van der Waals surface area (Å²) < 4.78 is 27.9. The van der Waals surface area contributed by atoms with Gasteiger partial charge in [-0.25, -0.2) is 13.8 Å². The quantitative estimate of drug-likeness (QED) is 0.449. The van der Waals surface area contributed by atoms with Crippen LogP contribution in [0.5, 0.6) is 0 Å². The molecule has 0 aromatic heterocycles. The first-order valence-electron chi connectivity index (χ1n) is 10.6. The number of hydrogen-bond donors (Lipinski definition) is 2. The zero-order valence-electron chi connectivity index (χ0n) is 18.6. The first-order chi connectivity index (χ1) is 15.1. The van der Waals surface area contributed by atoms with Crippen molar-refractivity contribution >= 4 is 38.1 Å². The van der Waals surface area contributed by atoms with Crippen LogP contribution < -0.4 is 10.3 Å². The molecule has 2 N–H and O–H groups in total. The number of benzene rings is 2. The highest BCUT2D eigenvalue weighted by Crippen LogP contribution is 2.22. The molecule has 1 aliphatic rings. The fraction of sp³-hybridized carbons (Fsp3) is 0.391. The number of carbonyl (C=O) groups excluding carboxylic acids is 1. The summed E-state index contributed by atoms with van der Waals surface area (Å²) in [5, 5.41) is 4.05. The number of halogens is 1. The van der Waals surface area contributed by atoms with Crippen LogP contribution in [-0.4, -0.2) is 57.6 Å². The van der Waals surface area contributed by atoms with Gasteiger partial charge >= 0.3 is 0 Å². The lowest BCUT2D eigenvalue weighted by Crippen LogP contribution is -3.15. The van der Waals surface area contributed by atoms with Crippen molar-refractivity contribution in [2.45, 2.75) is 31.1 Å². The van der Waals surface area contributed by atoms with Crippen LogP contribution in [0.25, 0.3) is 0 Å². The van der Waals surface area contributed by atoms with E-state index >= 15 is 0 Å². The molecule has 0 unspecified atom stereocenters. The lowest BCUT2D eigenvalue weighted by molar-refractivity contribution is -0.895. The summed E-state index contributed by atoms with van der Waals surface area (Å²) in [6.45, 7) is 8.64. The molecule has 1 amide bonds. The largest absolute Gasteiger partial charge is 0.325 e. The van der Waals surface area contributed by atoms with Crippen molar-refractivity contribution in [1.29, 1.82) is 0 Å². The number of piperazine rings is 1. The number of amides is 1. The Labute approximate surface area is 198 Å². The summed E-state index contributed by atoms with van der Waals surface area (Å²) >= 11 is 3.32. The van der Waals surface area contributed by atoms with Crippen LogP contribution in [0.4, 0.5) is 0 Å². The van der Waals surface area contributed by atoms with E-state index in [1.54, 1.807) is 30.5 Å². The number of nitrogens with zero attached hydrogens (tertiary/aromatic N) is 2. The average Bonchev–Trinajstić information content (AvgIpc) is 2.74. The Morgan fingerprint density at radius 2 is 1.69 bits per heavy atom. The smallest absolute Gasteiger partial charge is 0.295 e. The summed E-state index contributed by atoms with van der Waals surface area (Å²) in [4.78, 5) is 13.6. The highest BCUT2D eigenvalue weighted by molar-refractivity contribution is 9.10. The fourth-order valence-electron chi connectivity index (χ4n) is 3.49. The Hall–Kier alpha value is -2.07. The average molecular weight is 522 g/mol. The molecule has 1 aliphatic heterocycles. The maximum absolute atomic E-state index is 12.8. The standard InChI is InChI=1S/C23H29BrN4O3S/c1-23(2,3)19-6-4-18(5-7-19)16-25-26-22(29)17-27-12-14-28(15-13-27)32(30,31)21-10-8-20(24)9-11-21/h4-11,16H,12-15,17H2,1-3H3,(H,26,29)/p+1/b25-16-. The maximum Gasteiger partial charge on any atom is 0.295 e. The Bertz CT molecular complexity index is 1050. The predicted octanol–water partition coefficient (Wildman–Crippen LogP) is 1.79. The molecule has 2 aromatic carbocycles. The van der Waals surface area contributed by atoms with Crippen LogP contribution in [-0.2, 0) is 20.2 Å². The molecule has 32 heavy (non-hydrogen) atoms. The molecule has 1 heterocycles. The van der Waals surface area contributed by atoms with Gasteiger partial charge in [-0.15, -0.1) is 0 Å². The van der Waals surface area contributed by atoms with E-state index in [1.807, 2.05) is 12.1 Å². The molecule has 1 fully saturated rings. The van der Waals surface area contributed by atoms with Crippen molar-refractivity contribution in [3.8, 4) is 0 Å². The molecule has 9 heteroatoms. The van der Waals surface area contributed by atoms with Gasteiger partial charge < -0.3 is 4.90 Å². The number of hydrazone groups is 1. The van der Waals surface area contributed by atoms with E-state index in [-0.39, 0.29) is 22.8 Å². The molecule has 172 valence electrons. The summed E-state index contributed by atoms with van der Waals surface area (Å²) in [5.41, 5.74) is 4.81. The van der Waals surface area contributed by atoms with Gasteiger partial charge in [-0.2, -0.15) is 9.41 Å². The highest BCUT2D eigenvalue weighted by Gasteiger charge is 2.31. The van der Waals surface area contributed by atoms with Crippen molar-refractivity contribution in [2.24, 2.45) is 5.10 Å². The lowest BCUT2D eigenvalue weighted by atomic mass is 9.87. The molecule has 0 radical (unpaired) electrons. The second-order valence-corrected chi connectivity index (χ2v) is 11.8. The van der Waals surface area contributed by atoms with Gasteiger partial charge in [0.1, 0.15) is 0 Å². The second-order valence-electron chi connectivity index (χ2n) is 8.95. The molecule has 0 atom stereocenters.